The molecular formula is C44H28N2O. The van der Waals surface area contributed by atoms with Gasteiger partial charge in [0.2, 0.25) is 0 Å². The molecule has 0 atom stereocenters. The Kier molecular flexibility index (Phi) is 6.46. The van der Waals surface area contributed by atoms with Crippen molar-refractivity contribution in [3.63, 3.8) is 0 Å². The Morgan fingerprint density at radius 1 is 0.362 bits per heavy atom. The van der Waals surface area contributed by atoms with E-state index in [0.29, 0.717) is 5.82 Å². The molecule has 0 unspecified atom stereocenters. The van der Waals surface area contributed by atoms with E-state index in [2.05, 4.69) is 133 Å². The van der Waals surface area contributed by atoms with Crippen LogP contribution in [0.3, 0.4) is 0 Å². The summed E-state index contributed by atoms with van der Waals surface area (Å²) in [6.07, 6.45) is 0. The molecular weight excluding hydrogens is 572 g/mol. The highest BCUT2D eigenvalue weighted by Gasteiger charge is 2.17. The number of hydrogen-bond donors (Lipinski definition) is 0. The average molecular weight is 601 g/mol. The van der Waals surface area contributed by atoms with Gasteiger partial charge in [0, 0.05) is 27.5 Å². The molecule has 3 nitrogen and oxygen atoms in total. The Hall–Kier alpha value is -6.32. The zero-order valence-electron chi connectivity index (χ0n) is 25.5. The van der Waals surface area contributed by atoms with Gasteiger partial charge in [-0.1, -0.05) is 133 Å². The summed E-state index contributed by atoms with van der Waals surface area (Å²) < 4.78 is 6.29. The molecule has 47 heavy (non-hydrogen) atoms. The number of aromatic nitrogens is 2. The summed E-state index contributed by atoms with van der Waals surface area (Å²) in [7, 11) is 0. The molecule has 2 aromatic heterocycles. The first-order chi connectivity index (χ1) is 23.3. The molecule has 0 N–H and O–H groups in total. The number of rotatable bonds is 5. The van der Waals surface area contributed by atoms with Crippen LogP contribution in [0.5, 0.6) is 0 Å². The highest BCUT2D eigenvalue weighted by Crippen LogP contribution is 2.40. The highest BCUT2D eigenvalue weighted by atomic mass is 16.3. The lowest BCUT2D eigenvalue weighted by Crippen LogP contribution is -1.97. The smallest absolute Gasteiger partial charge is 0.160 e. The summed E-state index contributed by atoms with van der Waals surface area (Å²) in [6.45, 7) is 0. The fourth-order valence-electron chi connectivity index (χ4n) is 6.64. The van der Waals surface area contributed by atoms with Crippen molar-refractivity contribution >= 4 is 32.7 Å². The lowest BCUT2D eigenvalue weighted by molar-refractivity contribution is 0.669. The zero-order valence-corrected chi connectivity index (χ0v) is 25.5. The molecule has 0 aliphatic heterocycles. The van der Waals surface area contributed by atoms with E-state index >= 15 is 0 Å². The van der Waals surface area contributed by atoms with Crippen molar-refractivity contribution in [1.82, 2.24) is 9.97 Å². The van der Waals surface area contributed by atoms with Crippen LogP contribution in [0.1, 0.15) is 0 Å². The molecule has 0 saturated carbocycles. The molecule has 0 radical (unpaired) electrons. The van der Waals surface area contributed by atoms with Crippen molar-refractivity contribution in [2.75, 3.05) is 0 Å². The molecule has 2 heterocycles. The topological polar surface area (TPSA) is 38.9 Å². The van der Waals surface area contributed by atoms with Gasteiger partial charge in [0.1, 0.15) is 11.2 Å². The average Bonchev–Trinajstić information content (AvgIpc) is 3.54. The van der Waals surface area contributed by atoms with Crippen LogP contribution < -0.4 is 0 Å². The van der Waals surface area contributed by atoms with E-state index in [1.54, 1.807) is 0 Å². The molecule has 0 amide bonds. The van der Waals surface area contributed by atoms with Gasteiger partial charge in [0.25, 0.3) is 0 Å². The number of para-hydroxylation sites is 1. The van der Waals surface area contributed by atoms with Gasteiger partial charge in [0.15, 0.2) is 5.82 Å². The minimum absolute atomic E-state index is 0.695. The second kappa shape index (κ2) is 11.2. The van der Waals surface area contributed by atoms with Gasteiger partial charge in [-0.2, -0.15) is 0 Å². The van der Waals surface area contributed by atoms with E-state index in [9.17, 15) is 0 Å². The van der Waals surface area contributed by atoms with E-state index < -0.39 is 0 Å². The molecule has 0 saturated heterocycles. The first kappa shape index (κ1) is 27.0. The largest absolute Gasteiger partial charge is 0.456 e. The standard InChI is InChI=1S/C44H28N2O/c1-3-13-29(14-4-1)32-25-33(36-21-12-24-42-43(36)38-20-9-10-23-41(38)47-42)27-34(26-32)39-28-40(46-44(45-39)31-16-5-2-6-17-31)37-22-11-18-30-15-7-8-19-35(30)37/h1-28H. The quantitative estimate of drug-likeness (QED) is 0.197. The van der Waals surface area contributed by atoms with Gasteiger partial charge in [-0.3, -0.25) is 0 Å². The maximum atomic E-state index is 6.29. The van der Waals surface area contributed by atoms with E-state index in [-0.39, 0.29) is 0 Å². The Bertz CT molecular complexity index is 2560. The molecule has 0 aliphatic rings. The summed E-state index contributed by atoms with van der Waals surface area (Å²) in [5.41, 5.74) is 11.1. The third-order valence-electron chi connectivity index (χ3n) is 8.87. The van der Waals surface area contributed by atoms with E-state index in [1.807, 2.05) is 36.4 Å². The summed E-state index contributed by atoms with van der Waals surface area (Å²) in [4.78, 5) is 10.4. The van der Waals surface area contributed by atoms with Crippen molar-refractivity contribution in [1.29, 1.82) is 0 Å². The van der Waals surface area contributed by atoms with Gasteiger partial charge >= 0.3 is 0 Å². The van der Waals surface area contributed by atoms with Crippen LogP contribution >= 0.6 is 0 Å². The van der Waals surface area contributed by atoms with E-state index in [1.165, 1.54) is 5.39 Å². The van der Waals surface area contributed by atoms with Crippen LogP contribution in [-0.4, -0.2) is 9.97 Å². The van der Waals surface area contributed by atoms with Gasteiger partial charge in [-0.05, 0) is 69.4 Å². The zero-order chi connectivity index (χ0) is 31.2. The van der Waals surface area contributed by atoms with Crippen molar-refractivity contribution in [3.05, 3.63) is 170 Å². The predicted molar refractivity (Wildman–Crippen MR) is 194 cm³/mol. The molecule has 7 aromatic carbocycles. The normalized spacial score (nSPS) is 11.4. The number of nitrogens with zero attached hydrogens (tertiary/aromatic N) is 2. The lowest BCUT2D eigenvalue weighted by Gasteiger charge is -2.14. The van der Waals surface area contributed by atoms with Gasteiger partial charge < -0.3 is 4.42 Å². The first-order valence-corrected chi connectivity index (χ1v) is 15.8. The van der Waals surface area contributed by atoms with Crippen LogP contribution in [-0.2, 0) is 0 Å². The third-order valence-corrected chi connectivity index (χ3v) is 8.87. The van der Waals surface area contributed by atoms with Gasteiger partial charge in [0.05, 0.1) is 11.4 Å². The van der Waals surface area contributed by atoms with Crippen LogP contribution in [0, 0.1) is 0 Å². The number of hydrogen-bond acceptors (Lipinski definition) is 3. The van der Waals surface area contributed by atoms with Crippen LogP contribution in [0.15, 0.2) is 174 Å². The first-order valence-electron chi connectivity index (χ1n) is 15.8. The molecule has 0 aliphatic carbocycles. The maximum absolute atomic E-state index is 6.29. The molecule has 0 bridgehead atoms. The minimum Gasteiger partial charge on any atom is -0.456 e. The van der Waals surface area contributed by atoms with Crippen molar-refractivity contribution in [2.45, 2.75) is 0 Å². The molecule has 0 fully saturated rings. The van der Waals surface area contributed by atoms with Crippen molar-refractivity contribution in [2.24, 2.45) is 0 Å². The number of fused-ring (bicyclic) bond motifs is 4. The minimum atomic E-state index is 0.695. The molecule has 3 heteroatoms. The highest BCUT2D eigenvalue weighted by molar-refractivity contribution is 6.12. The Morgan fingerprint density at radius 2 is 0.957 bits per heavy atom. The van der Waals surface area contributed by atoms with Crippen molar-refractivity contribution < 1.29 is 4.42 Å². The molecule has 0 spiro atoms. The lowest BCUT2D eigenvalue weighted by atomic mass is 9.92. The Morgan fingerprint density at radius 3 is 1.81 bits per heavy atom. The summed E-state index contributed by atoms with van der Waals surface area (Å²) in [6, 6.07) is 59.2. The van der Waals surface area contributed by atoms with Gasteiger partial charge in [-0.25, -0.2) is 9.97 Å². The van der Waals surface area contributed by atoms with Gasteiger partial charge in [-0.15, -0.1) is 0 Å². The maximum Gasteiger partial charge on any atom is 0.160 e. The number of furan rings is 1. The summed E-state index contributed by atoms with van der Waals surface area (Å²) in [5.74, 6) is 0.695. The fraction of sp³-hybridized carbons (Fsp3) is 0. The molecule has 220 valence electrons. The summed E-state index contributed by atoms with van der Waals surface area (Å²) in [5, 5.41) is 4.57. The van der Waals surface area contributed by atoms with Crippen LogP contribution in [0.2, 0.25) is 0 Å². The second-order valence-corrected chi connectivity index (χ2v) is 11.8. The van der Waals surface area contributed by atoms with Crippen LogP contribution in [0.25, 0.3) is 88.9 Å². The molecule has 9 aromatic rings. The fourth-order valence-corrected chi connectivity index (χ4v) is 6.64. The van der Waals surface area contributed by atoms with Crippen molar-refractivity contribution in [3.8, 4) is 56.2 Å². The SMILES string of the molecule is c1ccc(-c2cc(-c3cc(-c4cccc5ccccc45)nc(-c4ccccc4)n3)cc(-c3cccc4oc5ccccc5c34)c2)cc1. The monoisotopic (exact) mass is 600 g/mol. The predicted octanol–water partition coefficient (Wildman–Crippen LogP) is 11.9. The number of benzene rings is 7. The Labute approximate surface area is 272 Å². The van der Waals surface area contributed by atoms with E-state index in [0.717, 1.165) is 77.7 Å². The second-order valence-electron chi connectivity index (χ2n) is 11.8. The third kappa shape index (κ3) is 4.86. The van der Waals surface area contributed by atoms with Crippen LogP contribution in [0.4, 0.5) is 0 Å². The molecule has 9 rings (SSSR count). The van der Waals surface area contributed by atoms with E-state index in [4.69, 9.17) is 14.4 Å². The summed E-state index contributed by atoms with van der Waals surface area (Å²) >= 11 is 0. The Balaban J connectivity index is 1.32.